The van der Waals surface area contributed by atoms with E-state index in [1.807, 2.05) is 12.1 Å². The fourth-order valence-electron chi connectivity index (χ4n) is 6.11. The van der Waals surface area contributed by atoms with Crippen LogP contribution in [0.5, 0.6) is 0 Å². The summed E-state index contributed by atoms with van der Waals surface area (Å²) in [6.45, 7) is 4.38. The summed E-state index contributed by atoms with van der Waals surface area (Å²) in [5.74, 6) is 2.01. The molecule has 0 radical (unpaired) electrons. The Bertz CT molecular complexity index is 1020. The van der Waals surface area contributed by atoms with Gasteiger partial charge in [0.25, 0.3) is 0 Å². The summed E-state index contributed by atoms with van der Waals surface area (Å²) in [4.78, 5) is 9.92. The molecule has 3 heteroatoms. The number of aromatic nitrogens is 2. The SMILES string of the molecule is CCCCCC1CCC(c2cnc(C(C(C#N)CC)C(c3ccccc3)c3ccccc3)nc2)CC1. The first-order chi connectivity index (χ1) is 17.7. The van der Waals surface area contributed by atoms with Crippen molar-refractivity contribution in [1.82, 2.24) is 9.97 Å². The van der Waals surface area contributed by atoms with Gasteiger partial charge in [0.15, 0.2) is 0 Å². The zero-order chi connectivity index (χ0) is 25.2. The zero-order valence-electron chi connectivity index (χ0n) is 22.0. The summed E-state index contributed by atoms with van der Waals surface area (Å²) < 4.78 is 0. The summed E-state index contributed by atoms with van der Waals surface area (Å²) in [6, 6.07) is 23.7. The maximum Gasteiger partial charge on any atom is 0.133 e. The van der Waals surface area contributed by atoms with Gasteiger partial charge in [0.2, 0.25) is 0 Å². The van der Waals surface area contributed by atoms with Crippen LogP contribution < -0.4 is 0 Å². The molecule has 4 rings (SSSR count). The Morgan fingerprint density at radius 2 is 1.42 bits per heavy atom. The molecule has 1 aliphatic rings. The van der Waals surface area contributed by atoms with Gasteiger partial charge in [0.1, 0.15) is 5.82 Å². The number of nitrogens with zero attached hydrogens (tertiary/aromatic N) is 3. The highest BCUT2D eigenvalue weighted by Gasteiger charge is 2.35. The van der Waals surface area contributed by atoms with Crippen LogP contribution in [0.3, 0.4) is 0 Å². The smallest absolute Gasteiger partial charge is 0.133 e. The quantitative estimate of drug-likeness (QED) is 0.258. The number of benzene rings is 2. The van der Waals surface area contributed by atoms with Gasteiger partial charge >= 0.3 is 0 Å². The van der Waals surface area contributed by atoms with Crippen LogP contribution in [0.25, 0.3) is 0 Å². The average molecular weight is 480 g/mol. The molecule has 0 spiro atoms. The highest BCUT2D eigenvalue weighted by Crippen LogP contribution is 2.43. The van der Waals surface area contributed by atoms with Crippen molar-refractivity contribution in [3.05, 3.63) is 95.6 Å². The summed E-state index contributed by atoms with van der Waals surface area (Å²) in [6.07, 6.45) is 15.5. The minimum Gasteiger partial charge on any atom is -0.241 e. The Hall–Kier alpha value is -2.99. The Morgan fingerprint density at radius 1 is 0.833 bits per heavy atom. The van der Waals surface area contributed by atoms with E-state index in [4.69, 9.17) is 9.97 Å². The van der Waals surface area contributed by atoms with E-state index >= 15 is 0 Å². The van der Waals surface area contributed by atoms with Crippen LogP contribution in [0.2, 0.25) is 0 Å². The molecule has 188 valence electrons. The van der Waals surface area contributed by atoms with Crippen LogP contribution in [-0.4, -0.2) is 9.97 Å². The van der Waals surface area contributed by atoms with Gasteiger partial charge in [0, 0.05) is 24.2 Å². The van der Waals surface area contributed by atoms with Gasteiger partial charge in [-0.15, -0.1) is 0 Å². The van der Waals surface area contributed by atoms with Gasteiger partial charge in [0.05, 0.1) is 12.0 Å². The summed E-state index contributed by atoms with van der Waals surface area (Å²) >= 11 is 0. The maximum absolute atomic E-state index is 10.2. The Morgan fingerprint density at radius 3 is 1.92 bits per heavy atom. The molecule has 1 aromatic heterocycles. The molecule has 1 aliphatic carbocycles. The number of nitriles is 1. The Balaban J connectivity index is 1.58. The monoisotopic (exact) mass is 479 g/mol. The molecular weight excluding hydrogens is 438 g/mol. The van der Waals surface area contributed by atoms with E-state index in [1.165, 1.54) is 68.1 Å². The van der Waals surface area contributed by atoms with Crippen LogP contribution in [0.4, 0.5) is 0 Å². The lowest BCUT2D eigenvalue weighted by Crippen LogP contribution is -2.23. The van der Waals surface area contributed by atoms with Crippen LogP contribution in [0.1, 0.15) is 112 Å². The van der Waals surface area contributed by atoms with Gasteiger partial charge in [-0.1, -0.05) is 100 Å². The van der Waals surface area contributed by atoms with Crippen molar-refractivity contribution >= 4 is 0 Å². The van der Waals surface area contributed by atoms with E-state index in [0.29, 0.717) is 5.92 Å². The molecule has 1 fully saturated rings. The van der Waals surface area contributed by atoms with E-state index in [2.05, 4.69) is 80.8 Å². The van der Waals surface area contributed by atoms with Gasteiger partial charge < -0.3 is 0 Å². The van der Waals surface area contributed by atoms with E-state index < -0.39 is 0 Å². The minimum absolute atomic E-state index is 0.0291. The lowest BCUT2D eigenvalue weighted by molar-refractivity contribution is 0.302. The highest BCUT2D eigenvalue weighted by atomic mass is 14.9. The van der Waals surface area contributed by atoms with Crippen molar-refractivity contribution in [2.24, 2.45) is 11.8 Å². The van der Waals surface area contributed by atoms with Gasteiger partial charge in [-0.05, 0) is 60.6 Å². The van der Waals surface area contributed by atoms with Crippen molar-refractivity contribution < 1.29 is 0 Å². The fraction of sp³-hybridized carbons (Fsp3) is 0.485. The molecule has 3 aromatic rings. The van der Waals surface area contributed by atoms with Crippen molar-refractivity contribution in [3.8, 4) is 6.07 Å². The van der Waals surface area contributed by atoms with Crippen LogP contribution in [0.15, 0.2) is 73.1 Å². The van der Waals surface area contributed by atoms with E-state index in [1.54, 1.807) is 0 Å². The molecule has 0 amide bonds. The van der Waals surface area contributed by atoms with E-state index in [9.17, 15) is 5.26 Å². The number of hydrogen-bond donors (Lipinski definition) is 0. The molecule has 0 bridgehead atoms. The fourth-order valence-corrected chi connectivity index (χ4v) is 6.11. The standard InChI is InChI=1S/C33H41N3/c1-3-5-8-13-25-18-20-27(21-19-25)30-23-35-33(36-24-30)32(26(4-2)22-34)31(28-14-9-6-10-15-28)29-16-11-7-12-17-29/h6-7,9-12,14-17,23-27,31-32H,3-5,8,13,18-21H2,1-2H3. The molecule has 2 unspecified atom stereocenters. The third kappa shape index (κ3) is 6.41. The van der Waals surface area contributed by atoms with Gasteiger partial charge in [-0.25, -0.2) is 9.97 Å². The first kappa shape index (κ1) is 26.1. The second-order valence-electron chi connectivity index (χ2n) is 10.6. The molecule has 1 saturated carbocycles. The first-order valence-corrected chi connectivity index (χ1v) is 14.1. The molecule has 1 heterocycles. The normalized spacial score (nSPS) is 19.5. The predicted molar refractivity (Wildman–Crippen MR) is 148 cm³/mol. The molecular formula is C33H41N3. The van der Waals surface area contributed by atoms with Crippen LogP contribution in [0, 0.1) is 23.2 Å². The topological polar surface area (TPSA) is 49.6 Å². The van der Waals surface area contributed by atoms with Crippen molar-refractivity contribution in [2.75, 3.05) is 0 Å². The van der Waals surface area contributed by atoms with E-state index in [-0.39, 0.29) is 17.8 Å². The Labute approximate surface area is 218 Å². The number of hydrogen-bond acceptors (Lipinski definition) is 3. The number of rotatable bonds is 11. The predicted octanol–water partition coefficient (Wildman–Crippen LogP) is 8.80. The molecule has 3 nitrogen and oxygen atoms in total. The second-order valence-corrected chi connectivity index (χ2v) is 10.6. The second kappa shape index (κ2) is 13.4. The lowest BCUT2D eigenvalue weighted by atomic mass is 9.73. The number of unbranched alkanes of at least 4 members (excludes halogenated alkanes) is 2. The third-order valence-corrected chi connectivity index (χ3v) is 8.24. The molecule has 2 aromatic carbocycles. The minimum atomic E-state index is -0.167. The zero-order valence-corrected chi connectivity index (χ0v) is 22.0. The molecule has 0 aliphatic heterocycles. The Kier molecular flexibility index (Phi) is 9.68. The summed E-state index contributed by atoms with van der Waals surface area (Å²) in [5.41, 5.74) is 3.68. The van der Waals surface area contributed by atoms with Crippen LogP contribution >= 0.6 is 0 Å². The molecule has 2 atom stereocenters. The summed E-state index contributed by atoms with van der Waals surface area (Å²) in [5, 5.41) is 10.2. The van der Waals surface area contributed by atoms with Gasteiger partial charge in [-0.2, -0.15) is 5.26 Å². The maximum atomic E-state index is 10.2. The first-order valence-electron chi connectivity index (χ1n) is 14.1. The highest BCUT2D eigenvalue weighted by molar-refractivity contribution is 5.37. The largest absolute Gasteiger partial charge is 0.241 e. The van der Waals surface area contributed by atoms with Crippen molar-refractivity contribution in [1.29, 1.82) is 5.26 Å². The van der Waals surface area contributed by atoms with Gasteiger partial charge in [-0.3, -0.25) is 0 Å². The summed E-state index contributed by atoms with van der Waals surface area (Å²) in [7, 11) is 0. The molecule has 0 saturated heterocycles. The lowest BCUT2D eigenvalue weighted by Gasteiger charge is -2.31. The van der Waals surface area contributed by atoms with Crippen LogP contribution in [-0.2, 0) is 0 Å². The third-order valence-electron chi connectivity index (χ3n) is 8.24. The molecule has 0 N–H and O–H groups in total. The molecule has 36 heavy (non-hydrogen) atoms. The van der Waals surface area contributed by atoms with Crippen molar-refractivity contribution in [2.45, 2.75) is 89.4 Å². The average Bonchev–Trinajstić information content (AvgIpc) is 2.95. The van der Waals surface area contributed by atoms with E-state index in [0.717, 1.165) is 18.2 Å². The van der Waals surface area contributed by atoms with Crippen molar-refractivity contribution in [3.63, 3.8) is 0 Å².